The van der Waals surface area contributed by atoms with Gasteiger partial charge >= 0.3 is 0 Å². The lowest BCUT2D eigenvalue weighted by molar-refractivity contribution is 0.391. The Morgan fingerprint density at radius 1 is 1.07 bits per heavy atom. The molecule has 2 aromatic carbocycles. The molecule has 0 amide bonds. The van der Waals surface area contributed by atoms with Crippen LogP contribution in [0.3, 0.4) is 0 Å². The van der Waals surface area contributed by atoms with Crippen molar-refractivity contribution >= 4 is 0 Å². The van der Waals surface area contributed by atoms with Crippen LogP contribution in [0.25, 0.3) is 28.7 Å². The molecule has 4 rings (SSSR count). The van der Waals surface area contributed by atoms with Gasteiger partial charge in [0.1, 0.15) is 17.3 Å². The molecule has 2 heterocycles. The van der Waals surface area contributed by atoms with Crippen molar-refractivity contribution in [3.05, 3.63) is 54.5 Å². The van der Waals surface area contributed by atoms with E-state index in [2.05, 4.69) is 20.5 Å². The zero-order chi connectivity index (χ0) is 18.8. The predicted molar refractivity (Wildman–Crippen MR) is 93.1 cm³/mol. The normalized spacial score (nSPS) is 10.8. The van der Waals surface area contributed by atoms with Crippen LogP contribution in [0.15, 0.2) is 53.2 Å². The van der Waals surface area contributed by atoms with E-state index in [1.165, 1.54) is 16.8 Å². The molecule has 0 saturated heterocycles. The lowest BCUT2D eigenvalue weighted by Crippen LogP contribution is -1.94. The second-order valence-electron chi connectivity index (χ2n) is 5.52. The molecule has 0 bridgehead atoms. The van der Waals surface area contributed by atoms with Gasteiger partial charge in [-0.3, -0.25) is 0 Å². The first-order valence-corrected chi connectivity index (χ1v) is 7.92. The largest absolute Gasteiger partial charge is 0.497 e. The average Bonchev–Trinajstić information content (AvgIpc) is 3.37. The Morgan fingerprint density at radius 2 is 1.96 bits per heavy atom. The zero-order valence-electron chi connectivity index (χ0n) is 14.5. The topological polar surface area (TPSA) is 88.1 Å². The summed E-state index contributed by atoms with van der Waals surface area (Å²) in [5, 5.41) is 11.9. The Labute approximate surface area is 153 Å². The molecule has 136 valence electrons. The van der Waals surface area contributed by atoms with Crippen LogP contribution in [-0.2, 0) is 0 Å². The molecule has 0 spiro atoms. The number of hydrogen-bond acceptors (Lipinski definition) is 7. The summed E-state index contributed by atoms with van der Waals surface area (Å²) >= 11 is 0. The molecular weight excluding hydrogens is 353 g/mol. The van der Waals surface area contributed by atoms with Crippen molar-refractivity contribution < 1.29 is 18.4 Å². The molecule has 0 aliphatic rings. The minimum Gasteiger partial charge on any atom is -0.497 e. The van der Waals surface area contributed by atoms with Crippen molar-refractivity contribution in [3.63, 3.8) is 0 Å². The minimum absolute atomic E-state index is 0.255. The Bertz CT molecular complexity index is 1090. The lowest BCUT2D eigenvalue weighted by Gasteiger charge is -2.06. The summed E-state index contributed by atoms with van der Waals surface area (Å²) in [6.07, 6.45) is 1.59. The summed E-state index contributed by atoms with van der Waals surface area (Å²) in [7, 11) is 3.11. The predicted octanol–water partition coefficient (Wildman–Crippen LogP) is 3.14. The Hall–Kier alpha value is -3.75. The molecular formula is C18H14FN5O3. The molecule has 0 aliphatic carbocycles. The van der Waals surface area contributed by atoms with Crippen molar-refractivity contribution in [1.82, 2.24) is 25.1 Å². The fraction of sp³-hybridized carbons (Fsp3) is 0.111. The summed E-state index contributed by atoms with van der Waals surface area (Å²) < 4.78 is 30.7. The number of nitrogens with zero attached hydrogens (tertiary/aromatic N) is 5. The van der Waals surface area contributed by atoms with Crippen LogP contribution in [0, 0.1) is 5.82 Å². The van der Waals surface area contributed by atoms with E-state index >= 15 is 0 Å². The van der Waals surface area contributed by atoms with Crippen LogP contribution in [0.2, 0.25) is 0 Å². The van der Waals surface area contributed by atoms with Gasteiger partial charge in [-0.2, -0.15) is 4.98 Å². The number of hydrogen-bond donors (Lipinski definition) is 0. The fourth-order valence-electron chi connectivity index (χ4n) is 2.52. The van der Waals surface area contributed by atoms with E-state index in [1.54, 1.807) is 50.7 Å². The van der Waals surface area contributed by atoms with E-state index in [1.807, 2.05) is 0 Å². The molecule has 4 aromatic rings. The number of rotatable bonds is 5. The molecule has 2 aromatic heterocycles. The van der Waals surface area contributed by atoms with Crippen LogP contribution >= 0.6 is 0 Å². The third kappa shape index (κ3) is 3.22. The number of benzene rings is 2. The average molecular weight is 367 g/mol. The molecule has 0 fully saturated rings. The van der Waals surface area contributed by atoms with E-state index in [0.29, 0.717) is 28.4 Å². The molecule has 9 heteroatoms. The van der Waals surface area contributed by atoms with Crippen molar-refractivity contribution in [1.29, 1.82) is 0 Å². The summed E-state index contributed by atoms with van der Waals surface area (Å²) in [6.45, 7) is 0. The third-order valence-electron chi connectivity index (χ3n) is 3.86. The summed E-state index contributed by atoms with van der Waals surface area (Å²) in [5.74, 6) is 1.34. The second kappa shape index (κ2) is 6.87. The van der Waals surface area contributed by atoms with E-state index in [0.717, 1.165) is 0 Å². The van der Waals surface area contributed by atoms with Crippen LogP contribution in [-0.4, -0.2) is 39.4 Å². The molecule has 0 N–H and O–H groups in total. The van der Waals surface area contributed by atoms with Gasteiger partial charge < -0.3 is 14.0 Å². The number of methoxy groups -OCH3 is 2. The summed E-state index contributed by atoms with van der Waals surface area (Å²) in [5.41, 5.74) is 1.55. The highest BCUT2D eigenvalue weighted by molar-refractivity contribution is 5.66. The molecule has 0 radical (unpaired) electrons. The van der Waals surface area contributed by atoms with Gasteiger partial charge in [0.2, 0.25) is 5.82 Å². The van der Waals surface area contributed by atoms with E-state index in [9.17, 15) is 4.39 Å². The highest BCUT2D eigenvalue weighted by atomic mass is 19.1. The van der Waals surface area contributed by atoms with Crippen LogP contribution in [0.1, 0.15) is 0 Å². The third-order valence-corrected chi connectivity index (χ3v) is 3.86. The second-order valence-corrected chi connectivity index (χ2v) is 5.52. The SMILES string of the molecule is COc1ccc(-c2nc(-c3cn(-c4cccc(F)c4)nn3)no2)c(OC)c1. The monoisotopic (exact) mass is 367 g/mol. The van der Waals surface area contributed by atoms with Crippen molar-refractivity contribution in [2.24, 2.45) is 0 Å². The maximum atomic E-state index is 13.4. The number of ether oxygens (including phenoxy) is 2. The van der Waals surface area contributed by atoms with Gasteiger partial charge in [0.25, 0.3) is 5.89 Å². The van der Waals surface area contributed by atoms with Crippen molar-refractivity contribution in [3.8, 4) is 40.2 Å². The van der Waals surface area contributed by atoms with Gasteiger partial charge in [0.05, 0.1) is 31.7 Å². The van der Waals surface area contributed by atoms with Gasteiger partial charge in [-0.1, -0.05) is 16.4 Å². The van der Waals surface area contributed by atoms with Gasteiger partial charge in [-0.25, -0.2) is 9.07 Å². The van der Waals surface area contributed by atoms with Gasteiger partial charge in [-0.05, 0) is 30.3 Å². The van der Waals surface area contributed by atoms with Crippen molar-refractivity contribution in [2.45, 2.75) is 0 Å². The summed E-state index contributed by atoms with van der Waals surface area (Å²) in [4.78, 5) is 4.35. The fourth-order valence-corrected chi connectivity index (χ4v) is 2.52. The Kier molecular flexibility index (Phi) is 4.25. The van der Waals surface area contributed by atoms with Crippen molar-refractivity contribution in [2.75, 3.05) is 14.2 Å². The molecule has 0 atom stereocenters. The first kappa shape index (κ1) is 16.7. The molecule has 0 aliphatic heterocycles. The molecule has 27 heavy (non-hydrogen) atoms. The van der Waals surface area contributed by atoms with Crippen LogP contribution in [0.4, 0.5) is 4.39 Å². The first-order chi connectivity index (χ1) is 13.2. The molecule has 0 unspecified atom stereocenters. The standard InChI is InChI=1S/C18H14FN5O3/c1-25-13-6-7-14(16(9-13)26-2)18-20-17(22-27-18)15-10-24(23-21-15)12-5-3-4-11(19)8-12/h3-10H,1-2H3. The van der Waals surface area contributed by atoms with Gasteiger partial charge in [0, 0.05) is 6.07 Å². The highest BCUT2D eigenvalue weighted by Crippen LogP contribution is 2.33. The smallest absolute Gasteiger partial charge is 0.262 e. The zero-order valence-corrected chi connectivity index (χ0v) is 14.5. The van der Waals surface area contributed by atoms with Crippen LogP contribution < -0.4 is 9.47 Å². The summed E-state index contributed by atoms with van der Waals surface area (Å²) in [6, 6.07) is 11.3. The Morgan fingerprint density at radius 3 is 2.74 bits per heavy atom. The molecule has 0 saturated carbocycles. The lowest BCUT2D eigenvalue weighted by atomic mass is 10.2. The Balaban J connectivity index is 1.66. The highest BCUT2D eigenvalue weighted by Gasteiger charge is 2.17. The van der Waals surface area contributed by atoms with Gasteiger partial charge in [0.15, 0.2) is 5.69 Å². The maximum Gasteiger partial charge on any atom is 0.262 e. The van der Waals surface area contributed by atoms with E-state index in [-0.39, 0.29) is 17.5 Å². The number of aromatic nitrogens is 5. The number of halogens is 1. The quantitative estimate of drug-likeness (QED) is 0.535. The maximum absolute atomic E-state index is 13.4. The van der Waals surface area contributed by atoms with E-state index < -0.39 is 0 Å². The first-order valence-electron chi connectivity index (χ1n) is 7.92. The molecule has 8 nitrogen and oxygen atoms in total. The van der Waals surface area contributed by atoms with Gasteiger partial charge in [-0.15, -0.1) is 5.10 Å². The van der Waals surface area contributed by atoms with E-state index in [4.69, 9.17) is 14.0 Å². The minimum atomic E-state index is -0.363. The van der Waals surface area contributed by atoms with Crippen LogP contribution in [0.5, 0.6) is 11.5 Å².